The van der Waals surface area contributed by atoms with E-state index in [9.17, 15) is 13.2 Å². The summed E-state index contributed by atoms with van der Waals surface area (Å²) in [5.41, 5.74) is 0.425. The maximum Gasteiger partial charge on any atom is 0.271 e. The van der Waals surface area contributed by atoms with Crippen LogP contribution in [0.1, 0.15) is 6.92 Å². The maximum atomic E-state index is 12.2. The van der Waals surface area contributed by atoms with Crippen LogP contribution in [0.3, 0.4) is 0 Å². The molecule has 1 aliphatic rings. The molecule has 1 fully saturated rings. The molecule has 1 aliphatic heterocycles. The summed E-state index contributed by atoms with van der Waals surface area (Å²) in [6.07, 6.45) is 1.51. The summed E-state index contributed by atoms with van der Waals surface area (Å²) >= 11 is 1.17. The van der Waals surface area contributed by atoms with Crippen LogP contribution >= 0.6 is 11.3 Å². The smallest absolute Gasteiger partial charge is 0.271 e. The van der Waals surface area contributed by atoms with Crippen molar-refractivity contribution in [1.82, 2.24) is 9.88 Å². The summed E-state index contributed by atoms with van der Waals surface area (Å²) in [7, 11) is -3.55. The van der Waals surface area contributed by atoms with Crippen molar-refractivity contribution in [1.29, 1.82) is 0 Å². The van der Waals surface area contributed by atoms with Crippen LogP contribution in [0.2, 0.25) is 0 Å². The highest BCUT2D eigenvalue weighted by Crippen LogP contribution is 2.21. The second-order valence-electron chi connectivity index (χ2n) is 5.44. The van der Waals surface area contributed by atoms with Crippen LogP contribution < -0.4 is 9.62 Å². The Labute approximate surface area is 145 Å². The highest BCUT2D eigenvalue weighted by Gasteiger charge is 2.20. The number of amides is 1. The van der Waals surface area contributed by atoms with Crippen LogP contribution in [-0.2, 0) is 14.8 Å². The zero-order valence-electron chi connectivity index (χ0n) is 13.2. The van der Waals surface area contributed by atoms with Gasteiger partial charge in [-0.05, 0) is 23.6 Å². The maximum absolute atomic E-state index is 12.2. The van der Waals surface area contributed by atoms with Crippen molar-refractivity contribution in [3.8, 4) is 0 Å². The highest BCUT2D eigenvalue weighted by atomic mass is 32.2. The minimum Gasteiger partial charge on any atom is -0.353 e. The third-order valence-electron chi connectivity index (χ3n) is 3.81. The van der Waals surface area contributed by atoms with Gasteiger partial charge in [0.25, 0.3) is 10.0 Å². The van der Waals surface area contributed by atoms with Crippen molar-refractivity contribution in [3.05, 3.63) is 35.8 Å². The van der Waals surface area contributed by atoms with E-state index < -0.39 is 10.0 Å². The van der Waals surface area contributed by atoms with E-state index in [0.717, 1.165) is 5.82 Å². The molecule has 0 aliphatic carbocycles. The van der Waals surface area contributed by atoms with Crippen LogP contribution in [0.5, 0.6) is 0 Å². The Morgan fingerprint density at radius 2 is 1.96 bits per heavy atom. The molecule has 2 aromatic rings. The molecule has 0 unspecified atom stereocenters. The van der Waals surface area contributed by atoms with Crippen LogP contribution in [0.25, 0.3) is 0 Å². The Bertz CT molecular complexity index is 796. The molecule has 0 bridgehead atoms. The van der Waals surface area contributed by atoms with Crippen molar-refractivity contribution in [3.63, 3.8) is 0 Å². The van der Waals surface area contributed by atoms with Crippen molar-refractivity contribution >= 4 is 38.8 Å². The van der Waals surface area contributed by atoms with Crippen molar-refractivity contribution in [2.75, 3.05) is 35.8 Å². The number of hydrogen-bond acceptors (Lipinski definition) is 6. The van der Waals surface area contributed by atoms with Crippen LogP contribution in [0, 0.1) is 0 Å². The highest BCUT2D eigenvalue weighted by molar-refractivity contribution is 7.94. The van der Waals surface area contributed by atoms with Crippen molar-refractivity contribution in [2.24, 2.45) is 0 Å². The molecule has 2 aromatic heterocycles. The van der Waals surface area contributed by atoms with Gasteiger partial charge in [0.05, 0.1) is 11.9 Å². The predicted molar refractivity (Wildman–Crippen MR) is 93.8 cm³/mol. The molecule has 9 heteroatoms. The zero-order valence-corrected chi connectivity index (χ0v) is 14.8. The summed E-state index contributed by atoms with van der Waals surface area (Å²) in [4.78, 5) is 19.6. The van der Waals surface area contributed by atoms with Gasteiger partial charge in [0.2, 0.25) is 5.91 Å². The van der Waals surface area contributed by atoms with E-state index in [4.69, 9.17) is 0 Å². The Balaban J connectivity index is 1.65. The number of hydrogen-bond donors (Lipinski definition) is 1. The van der Waals surface area contributed by atoms with Gasteiger partial charge in [0.1, 0.15) is 10.0 Å². The lowest BCUT2D eigenvalue weighted by atomic mass is 10.3. The lowest BCUT2D eigenvalue weighted by Crippen LogP contribution is -2.48. The Morgan fingerprint density at radius 1 is 1.21 bits per heavy atom. The summed E-state index contributed by atoms with van der Waals surface area (Å²) < 4.78 is 27.1. The fourth-order valence-electron chi connectivity index (χ4n) is 2.51. The molecule has 24 heavy (non-hydrogen) atoms. The molecule has 7 nitrogen and oxygen atoms in total. The molecule has 1 amide bonds. The molecule has 128 valence electrons. The van der Waals surface area contributed by atoms with E-state index in [-0.39, 0.29) is 10.1 Å². The minimum atomic E-state index is -3.55. The first-order chi connectivity index (χ1) is 11.5. The monoisotopic (exact) mass is 366 g/mol. The minimum absolute atomic E-state index is 0.0842. The van der Waals surface area contributed by atoms with Gasteiger partial charge in [0, 0.05) is 33.1 Å². The number of nitrogens with zero attached hydrogens (tertiary/aromatic N) is 3. The van der Waals surface area contributed by atoms with Gasteiger partial charge in [-0.15, -0.1) is 11.3 Å². The van der Waals surface area contributed by atoms with Gasteiger partial charge in [0.15, 0.2) is 0 Å². The van der Waals surface area contributed by atoms with Gasteiger partial charge in [-0.1, -0.05) is 6.07 Å². The molecule has 0 saturated carbocycles. The molecule has 0 spiro atoms. The largest absolute Gasteiger partial charge is 0.353 e. The number of nitrogens with one attached hydrogen (secondary N) is 1. The lowest BCUT2D eigenvalue weighted by molar-refractivity contribution is -0.129. The summed E-state index contributed by atoms with van der Waals surface area (Å²) in [5.74, 6) is 0.859. The third-order valence-corrected chi connectivity index (χ3v) is 6.59. The first-order valence-corrected chi connectivity index (χ1v) is 9.85. The molecule has 1 saturated heterocycles. The summed E-state index contributed by atoms with van der Waals surface area (Å²) in [6.45, 7) is 4.34. The van der Waals surface area contributed by atoms with E-state index in [0.29, 0.717) is 31.9 Å². The predicted octanol–water partition coefficient (Wildman–Crippen LogP) is 1.61. The lowest BCUT2D eigenvalue weighted by Gasteiger charge is -2.34. The van der Waals surface area contributed by atoms with Gasteiger partial charge in [-0.2, -0.15) is 0 Å². The Kier molecular flexibility index (Phi) is 4.72. The number of thiophene rings is 1. The standard InChI is InChI=1S/C15H18N4O3S2/c1-12(20)18-6-8-19(9-7-18)14-5-4-13(11-16-14)17-24(21,22)15-3-2-10-23-15/h2-5,10-11,17H,6-9H2,1H3. The molecule has 1 N–H and O–H groups in total. The number of pyridine rings is 1. The van der Waals surface area contributed by atoms with E-state index in [1.54, 1.807) is 41.5 Å². The molecular formula is C15H18N4O3S2. The molecule has 0 radical (unpaired) electrons. The van der Waals surface area contributed by atoms with Crippen molar-refractivity contribution in [2.45, 2.75) is 11.1 Å². The number of carbonyl (C=O) groups is 1. The van der Waals surface area contributed by atoms with E-state index in [1.165, 1.54) is 17.5 Å². The Morgan fingerprint density at radius 3 is 2.50 bits per heavy atom. The van der Waals surface area contributed by atoms with Crippen LogP contribution in [0.15, 0.2) is 40.1 Å². The molecule has 0 atom stereocenters. The van der Waals surface area contributed by atoms with Gasteiger partial charge in [-0.3, -0.25) is 9.52 Å². The fourth-order valence-corrected chi connectivity index (χ4v) is 4.54. The SMILES string of the molecule is CC(=O)N1CCN(c2ccc(NS(=O)(=O)c3cccs3)cn2)CC1. The Hall–Kier alpha value is -2.13. The molecule has 3 heterocycles. The van der Waals surface area contributed by atoms with E-state index in [2.05, 4.69) is 14.6 Å². The second kappa shape index (κ2) is 6.78. The number of piperazine rings is 1. The van der Waals surface area contributed by atoms with Gasteiger partial charge in [-0.25, -0.2) is 13.4 Å². The second-order valence-corrected chi connectivity index (χ2v) is 8.29. The summed E-state index contributed by atoms with van der Waals surface area (Å²) in [6, 6.07) is 6.74. The van der Waals surface area contributed by atoms with E-state index in [1.807, 2.05) is 0 Å². The van der Waals surface area contributed by atoms with E-state index >= 15 is 0 Å². The number of aromatic nitrogens is 1. The molecule has 3 rings (SSSR count). The number of rotatable bonds is 4. The molecular weight excluding hydrogens is 348 g/mol. The number of anilines is 2. The van der Waals surface area contributed by atoms with Crippen LogP contribution in [0.4, 0.5) is 11.5 Å². The van der Waals surface area contributed by atoms with Gasteiger partial charge >= 0.3 is 0 Å². The van der Waals surface area contributed by atoms with Crippen molar-refractivity contribution < 1.29 is 13.2 Å². The summed E-state index contributed by atoms with van der Waals surface area (Å²) in [5, 5.41) is 1.72. The fraction of sp³-hybridized carbons (Fsp3) is 0.333. The number of sulfonamides is 1. The molecule has 0 aromatic carbocycles. The zero-order chi connectivity index (χ0) is 17.2. The topological polar surface area (TPSA) is 82.6 Å². The first-order valence-electron chi connectivity index (χ1n) is 7.48. The first kappa shape index (κ1) is 16.7. The average Bonchev–Trinajstić information content (AvgIpc) is 3.11. The van der Waals surface area contributed by atoms with Gasteiger partial charge < -0.3 is 9.80 Å². The number of carbonyl (C=O) groups excluding carboxylic acids is 1. The quantitative estimate of drug-likeness (QED) is 0.889. The normalized spacial score (nSPS) is 15.4. The average molecular weight is 366 g/mol. The third kappa shape index (κ3) is 3.68. The van der Waals surface area contributed by atoms with Crippen LogP contribution in [-0.4, -0.2) is 50.4 Å².